The Bertz CT molecular complexity index is 371. The summed E-state index contributed by atoms with van der Waals surface area (Å²) in [4.78, 5) is 23.6. The summed E-state index contributed by atoms with van der Waals surface area (Å²) in [5.41, 5.74) is -0.817. The van der Waals surface area contributed by atoms with Crippen molar-refractivity contribution in [3.05, 3.63) is 0 Å². The minimum atomic E-state index is -0.817. The van der Waals surface area contributed by atoms with Crippen LogP contribution in [0.15, 0.2) is 0 Å². The molecule has 3 atom stereocenters. The predicted octanol–water partition coefficient (Wildman–Crippen LogP) is 1.23. The largest absolute Gasteiger partial charge is 0.481 e. The second kappa shape index (κ2) is 6.80. The Morgan fingerprint density at radius 1 is 1.45 bits per heavy atom. The van der Waals surface area contributed by atoms with Crippen LogP contribution in [0.1, 0.15) is 39.0 Å². The van der Waals surface area contributed by atoms with Gasteiger partial charge in [-0.15, -0.1) is 0 Å². The number of carboxylic acid groups (broad SMARTS) is 1. The van der Waals surface area contributed by atoms with Crippen molar-refractivity contribution in [2.45, 2.75) is 51.1 Å². The number of hydrogen-bond donors (Lipinski definition) is 3. The molecule has 6 heteroatoms. The first-order valence-electron chi connectivity index (χ1n) is 7.36. The first kappa shape index (κ1) is 15.6. The summed E-state index contributed by atoms with van der Waals surface area (Å²) in [6.45, 7) is 2.70. The lowest BCUT2D eigenvalue weighted by atomic mass is 9.71. The van der Waals surface area contributed by atoms with Gasteiger partial charge < -0.3 is 15.7 Å². The fraction of sp³-hybridized carbons (Fsp3) is 0.857. The van der Waals surface area contributed by atoms with E-state index < -0.39 is 11.4 Å². The fourth-order valence-corrected chi connectivity index (χ4v) is 4.00. The van der Waals surface area contributed by atoms with Crippen molar-refractivity contribution in [1.82, 2.24) is 10.6 Å². The van der Waals surface area contributed by atoms with Crippen LogP contribution in [0.4, 0.5) is 0 Å². The summed E-state index contributed by atoms with van der Waals surface area (Å²) in [6.07, 6.45) is 3.77. The number of carboxylic acids is 1. The van der Waals surface area contributed by atoms with Gasteiger partial charge in [-0.1, -0.05) is 12.8 Å². The number of carbonyl (C=O) groups excluding carboxylic acids is 1. The summed E-state index contributed by atoms with van der Waals surface area (Å²) in [6, 6.07) is -0.0223. The van der Waals surface area contributed by atoms with Crippen molar-refractivity contribution >= 4 is 23.6 Å². The average Bonchev–Trinajstić information content (AvgIpc) is 2.42. The van der Waals surface area contributed by atoms with Gasteiger partial charge in [0.05, 0.1) is 5.41 Å². The molecule has 1 heterocycles. The number of aliphatic carboxylic acids is 1. The van der Waals surface area contributed by atoms with Crippen molar-refractivity contribution in [3.8, 4) is 0 Å². The zero-order valence-corrected chi connectivity index (χ0v) is 12.8. The third kappa shape index (κ3) is 3.67. The lowest BCUT2D eigenvalue weighted by Gasteiger charge is -2.38. The van der Waals surface area contributed by atoms with E-state index in [1.54, 1.807) is 6.92 Å². The van der Waals surface area contributed by atoms with E-state index in [4.69, 9.17) is 0 Å². The number of nitrogens with one attached hydrogen (secondary N) is 2. The lowest BCUT2D eigenvalue weighted by Crippen LogP contribution is -2.53. The van der Waals surface area contributed by atoms with Gasteiger partial charge in [0.1, 0.15) is 0 Å². The van der Waals surface area contributed by atoms with E-state index in [-0.39, 0.29) is 18.0 Å². The molecule has 1 saturated carbocycles. The van der Waals surface area contributed by atoms with Crippen molar-refractivity contribution in [2.24, 2.45) is 5.41 Å². The fourth-order valence-electron chi connectivity index (χ4n) is 3.05. The molecule has 1 aliphatic carbocycles. The minimum absolute atomic E-state index is 0.0237. The molecule has 5 nitrogen and oxygen atoms in total. The molecule has 1 saturated heterocycles. The molecule has 2 aliphatic rings. The van der Waals surface area contributed by atoms with Gasteiger partial charge in [-0.3, -0.25) is 9.59 Å². The van der Waals surface area contributed by atoms with E-state index in [0.717, 1.165) is 37.3 Å². The first-order chi connectivity index (χ1) is 9.52. The molecule has 0 bridgehead atoms. The van der Waals surface area contributed by atoms with Gasteiger partial charge in [0.25, 0.3) is 0 Å². The second-order valence-corrected chi connectivity index (χ2v) is 7.17. The van der Waals surface area contributed by atoms with Crippen LogP contribution in [-0.4, -0.2) is 47.1 Å². The zero-order chi connectivity index (χ0) is 14.6. The van der Waals surface area contributed by atoms with Crippen molar-refractivity contribution in [3.63, 3.8) is 0 Å². The maximum atomic E-state index is 12.1. The van der Waals surface area contributed by atoms with E-state index in [1.807, 2.05) is 11.8 Å². The molecule has 0 radical (unpaired) electrons. The highest BCUT2D eigenvalue weighted by Crippen LogP contribution is 2.36. The molecule has 20 heavy (non-hydrogen) atoms. The van der Waals surface area contributed by atoms with Gasteiger partial charge in [-0.2, -0.15) is 11.8 Å². The van der Waals surface area contributed by atoms with Gasteiger partial charge in [-0.05, 0) is 19.8 Å². The van der Waals surface area contributed by atoms with E-state index >= 15 is 0 Å². The van der Waals surface area contributed by atoms with Gasteiger partial charge >= 0.3 is 5.97 Å². The van der Waals surface area contributed by atoms with Gasteiger partial charge in [0.15, 0.2) is 0 Å². The maximum absolute atomic E-state index is 12.1. The van der Waals surface area contributed by atoms with E-state index in [1.165, 1.54) is 0 Å². The molecular formula is C14H24N2O3S. The first-order valence-corrected chi connectivity index (χ1v) is 8.52. The number of hydrogen-bond acceptors (Lipinski definition) is 4. The van der Waals surface area contributed by atoms with Crippen LogP contribution in [0.3, 0.4) is 0 Å². The Kier molecular flexibility index (Phi) is 5.32. The molecule has 114 valence electrons. The van der Waals surface area contributed by atoms with Crippen LogP contribution < -0.4 is 10.6 Å². The SMILES string of the molecule is CC1(C(=O)O)CCCCC1NC(=O)CC1CSCCN1. The van der Waals surface area contributed by atoms with E-state index in [0.29, 0.717) is 12.8 Å². The van der Waals surface area contributed by atoms with Gasteiger partial charge in [0, 0.05) is 36.6 Å². The lowest BCUT2D eigenvalue weighted by molar-refractivity contribution is -0.152. The van der Waals surface area contributed by atoms with Gasteiger partial charge in [-0.25, -0.2) is 0 Å². The molecule has 0 aromatic rings. The van der Waals surface area contributed by atoms with Crippen LogP contribution in [0.25, 0.3) is 0 Å². The number of thioether (sulfide) groups is 1. The third-order valence-corrected chi connectivity index (χ3v) is 5.59. The quantitative estimate of drug-likeness (QED) is 0.728. The van der Waals surface area contributed by atoms with E-state index in [9.17, 15) is 14.7 Å². The Labute approximate surface area is 124 Å². The maximum Gasteiger partial charge on any atom is 0.311 e. The van der Waals surface area contributed by atoms with Crippen LogP contribution in [0, 0.1) is 5.41 Å². The molecule has 0 aromatic heterocycles. The second-order valence-electron chi connectivity index (χ2n) is 6.02. The number of carbonyl (C=O) groups is 2. The molecule has 3 unspecified atom stereocenters. The van der Waals surface area contributed by atoms with Crippen LogP contribution >= 0.6 is 11.8 Å². The highest BCUT2D eigenvalue weighted by molar-refractivity contribution is 7.99. The summed E-state index contributed by atoms with van der Waals surface area (Å²) >= 11 is 1.86. The van der Waals surface area contributed by atoms with Crippen LogP contribution in [-0.2, 0) is 9.59 Å². The van der Waals surface area contributed by atoms with Crippen molar-refractivity contribution in [2.75, 3.05) is 18.1 Å². The Morgan fingerprint density at radius 2 is 2.25 bits per heavy atom. The summed E-state index contributed by atoms with van der Waals surface area (Å²) in [7, 11) is 0. The number of amides is 1. The standard InChI is InChI=1S/C14H24N2O3S/c1-14(13(18)19)5-3-2-4-11(14)16-12(17)8-10-9-20-7-6-15-10/h10-11,15H,2-9H2,1H3,(H,16,17)(H,18,19). The molecule has 2 fully saturated rings. The molecule has 3 N–H and O–H groups in total. The summed E-state index contributed by atoms with van der Waals surface area (Å²) in [5, 5.41) is 15.7. The highest BCUT2D eigenvalue weighted by atomic mass is 32.2. The van der Waals surface area contributed by atoms with Crippen LogP contribution in [0.2, 0.25) is 0 Å². The Balaban J connectivity index is 1.89. The van der Waals surface area contributed by atoms with Crippen molar-refractivity contribution in [1.29, 1.82) is 0 Å². The third-order valence-electron chi connectivity index (χ3n) is 4.46. The number of rotatable bonds is 4. The van der Waals surface area contributed by atoms with Crippen LogP contribution in [0.5, 0.6) is 0 Å². The molecule has 0 spiro atoms. The molecule has 1 aliphatic heterocycles. The monoisotopic (exact) mass is 300 g/mol. The normalized spacial score (nSPS) is 34.5. The molecule has 0 aromatic carbocycles. The highest BCUT2D eigenvalue weighted by Gasteiger charge is 2.43. The van der Waals surface area contributed by atoms with Gasteiger partial charge in [0.2, 0.25) is 5.91 Å². The molecule has 2 rings (SSSR count). The Hall–Kier alpha value is -0.750. The molecule has 1 amide bonds. The summed E-state index contributed by atoms with van der Waals surface area (Å²) < 4.78 is 0. The minimum Gasteiger partial charge on any atom is -0.481 e. The topological polar surface area (TPSA) is 78.4 Å². The van der Waals surface area contributed by atoms with E-state index in [2.05, 4.69) is 10.6 Å². The predicted molar refractivity (Wildman–Crippen MR) is 79.9 cm³/mol. The average molecular weight is 300 g/mol. The smallest absolute Gasteiger partial charge is 0.311 e. The molecular weight excluding hydrogens is 276 g/mol. The summed E-state index contributed by atoms with van der Waals surface area (Å²) in [5.74, 6) is 1.23. The zero-order valence-electron chi connectivity index (χ0n) is 12.0. The van der Waals surface area contributed by atoms with Crippen molar-refractivity contribution < 1.29 is 14.7 Å². The Morgan fingerprint density at radius 3 is 2.90 bits per heavy atom.